The third-order valence-electron chi connectivity index (χ3n) is 4.34. The molecule has 1 N–H and O–H groups in total. The zero-order valence-electron chi connectivity index (χ0n) is 10.9. The predicted octanol–water partition coefficient (Wildman–Crippen LogP) is 1.53. The van der Waals surface area contributed by atoms with Gasteiger partial charge in [-0.05, 0) is 30.9 Å². The van der Waals surface area contributed by atoms with Crippen LogP contribution in [0.25, 0.3) is 0 Å². The zero-order valence-corrected chi connectivity index (χ0v) is 11.8. The number of hydrogen-bond donors (Lipinski definition) is 1. The van der Waals surface area contributed by atoms with E-state index in [4.69, 9.17) is 0 Å². The van der Waals surface area contributed by atoms with Gasteiger partial charge in [-0.1, -0.05) is 31.0 Å². The molecule has 3 rings (SSSR count). The van der Waals surface area contributed by atoms with Gasteiger partial charge in [0, 0.05) is 19.6 Å². The first-order valence-corrected chi connectivity index (χ1v) is 8.51. The first-order chi connectivity index (χ1) is 8.70. The van der Waals surface area contributed by atoms with Crippen LogP contribution in [0.5, 0.6) is 0 Å². The molecule has 2 fully saturated rings. The quantitative estimate of drug-likeness (QED) is 0.782. The third kappa shape index (κ3) is 2.10. The summed E-state index contributed by atoms with van der Waals surface area (Å²) >= 11 is 0. The van der Waals surface area contributed by atoms with Crippen molar-refractivity contribution in [1.29, 1.82) is 0 Å². The van der Waals surface area contributed by atoms with Gasteiger partial charge in [0.05, 0.1) is 0 Å². The summed E-state index contributed by atoms with van der Waals surface area (Å²) in [4.78, 5) is 13.2. The molecule has 1 aromatic rings. The number of benzene rings is 1. The Bertz CT molecular complexity index is 414. The van der Waals surface area contributed by atoms with Crippen molar-refractivity contribution in [3.63, 3.8) is 0 Å². The number of nitrogens with zero attached hydrogens (tertiary/aromatic N) is 1. The van der Waals surface area contributed by atoms with Crippen molar-refractivity contribution < 1.29 is 4.89 Å². The van der Waals surface area contributed by atoms with Gasteiger partial charge in [0.25, 0.3) is 0 Å². The van der Waals surface area contributed by atoms with E-state index in [9.17, 15) is 4.89 Å². The molecule has 2 aliphatic rings. The second kappa shape index (κ2) is 4.90. The van der Waals surface area contributed by atoms with Gasteiger partial charge in [-0.15, -0.1) is 0 Å². The number of hydrogen-bond acceptors (Lipinski definition) is 3. The van der Waals surface area contributed by atoms with Crippen LogP contribution in [0.4, 0.5) is 0 Å². The maximum absolute atomic E-state index is 13.2. The van der Waals surface area contributed by atoms with E-state index in [0.717, 1.165) is 11.8 Å². The minimum Gasteiger partial charge on any atom is -0.647 e. The second-order valence-corrected chi connectivity index (χ2v) is 8.14. The van der Waals surface area contributed by atoms with E-state index in [1.165, 1.54) is 25.7 Å². The fourth-order valence-corrected chi connectivity index (χ4v) is 5.82. The standard InChI is InChI=1S/C14H21N2OP/c1-16-11-12-7-5-6-10-14(12)15-18(16,17)13-8-3-2-4-9-13/h2-4,8-9,12,14H,5-7,10-11H2,1H3,(H,15,17)/t12-,14-,18?/m1/s1. The van der Waals surface area contributed by atoms with Crippen LogP contribution in [0, 0.1) is 5.92 Å². The van der Waals surface area contributed by atoms with Crippen molar-refractivity contribution in [3.8, 4) is 0 Å². The van der Waals surface area contributed by atoms with Crippen molar-refractivity contribution in [2.45, 2.75) is 31.7 Å². The first kappa shape index (κ1) is 12.6. The molecule has 0 bridgehead atoms. The molecule has 1 aliphatic heterocycles. The van der Waals surface area contributed by atoms with Crippen molar-refractivity contribution in [2.75, 3.05) is 13.6 Å². The molecule has 1 unspecified atom stereocenters. The first-order valence-electron chi connectivity index (χ1n) is 6.85. The minimum atomic E-state index is -2.56. The maximum Gasteiger partial charge on any atom is 0.138 e. The highest BCUT2D eigenvalue weighted by molar-refractivity contribution is 7.72. The van der Waals surface area contributed by atoms with Gasteiger partial charge >= 0.3 is 0 Å². The van der Waals surface area contributed by atoms with Gasteiger partial charge in [0.15, 0.2) is 0 Å². The average Bonchev–Trinajstić information content (AvgIpc) is 2.41. The molecular formula is C14H21N2OP. The van der Waals surface area contributed by atoms with E-state index < -0.39 is 7.79 Å². The summed E-state index contributed by atoms with van der Waals surface area (Å²) in [6.07, 6.45) is 5.05. The summed E-state index contributed by atoms with van der Waals surface area (Å²) in [6.45, 7) is 0.962. The Kier molecular flexibility index (Phi) is 3.42. The van der Waals surface area contributed by atoms with E-state index in [0.29, 0.717) is 12.0 Å². The SMILES string of the molecule is CN1C[C@H]2CCCC[C@H]2N[P+]1([O-])c1ccccc1. The zero-order chi connectivity index (χ0) is 12.6. The number of nitrogens with one attached hydrogen (secondary N) is 1. The fourth-order valence-electron chi connectivity index (χ4n) is 3.28. The molecule has 0 radical (unpaired) electrons. The van der Waals surface area contributed by atoms with Gasteiger partial charge in [0.1, 0.15) is 13.1 Å². The Morgan fingerprint density at radius 1 is 1.22 bits per heavy atom. The van der Waals surface area contributed by atoms with Gasteiger partial charge < -0.3 is 4.89 Å². The van der Waals surface area contributed by atoms with Crippen molar-refractivity contribution in [3.05, 3.63) is 30.3 Å². The van der Waals surface area contributed by atoms with Crippen LogP contribution in [0.2, 0.25) is 0 Å². The van der Waals surface area contributed by atoms with Crippen LogP contribution in [0.1, 0.15) is 25.7 Å². The summed E-state index contributed by atoms with van der Waals surface area (Å²) in [7, 11) is -0.571. The molecule has 4 heteroatoms. The fraction of sp³-hybridized carbons (Fsp3) is 0.571. The van der Waals surface area contributed by atoms with Crippen LogP contribution < -0.4 is 15.3 Å². The summed E-state index contributed by atoms with van der Waals surface area (Å²) in [5.74, 6) is 0.675. The molecule has 98 valence electrons. The Balaban J connectivity index is 1.87. The van der Waals surface area contributed by atoms with Crippen molar-refractivity contribution >= 4 is 13.1 Å². The Morgan fingerprint density at radius 2 is 1.94 bits per heavy atom. The van der Waals surface area contributed by atoms with E-state index in [-0.39, 0.29) is 0 Å². The molecule has 1 saturated heterocycles. The molecule has 0 spiro atoms. The van der Waals surface area contributed by atoms with Gasteiger partial charge in [-0.3, -0.25) is 0 Å². The summed E-state index contributed by atoms with van der Waals surface area (Å²) in [5.41, 5.74) is 0. The van der Waals surface area contributed by atoms with E-state index in [1.54, 1.807) is 0 Å². The monoisotopic (exact) mass is 264 g/mol. The van der Waals surface area contributed by atoms with Crippen LogP contribution in [0.3, 0.4) is 0 Å². The lowest BCUT2D eigenvalue weighted by molar-refractivity contribution is -0.184. The van der Waals surface area contributed by atoms with Gasteiger partial charge in [-0.2, -0.15) is 9.76 Å². The Labute approximate surface area is 110 Å². The van der Waals surface area contributed by atoms with Crippen molar-refractivity contribution in [1.82, 2.24) is 9.76 Å². The average molecular weight is 264 g/mol. The molecule has 3 nitrogen and oxygen atoms in total. The lowest BCUT2D eigenvalue weighted by Crippen LogP contribution is -2.57. The molecule has 1 saturated carbocycles. The van der Waals surface area contributed by atoms with Crippen molar-refractivity contribution in [2.24, 2.45) is 5.92 Å². The molecule has 1 aromatic carbocycles. The highest BCUT2D eigenvalue weighted by Gasteiger charge is 2.45. The summed E-state index contributed by atoms with van der Waals surface area (Å²) in [5, 5.41) is 4.42. The number of fused-ring (bicyclic) bond motifs is 1. The smallest absolute Gasteiger partial charge is 0.138 e. The highest BCUT2D eigenvalue weighted by Crippen LogP contribution is 2.53. The summed E-state index contributed by atoms with van der Waals surface area (Å²) < 4.78 is 2.05. The van der Waals surface area contributed by atoms with E-state index in [2.05, 4.69) is 9.76 Å². The normalized spacial score (nSPS) is 37.2. The van der Waals surface area contributed by atoms with Gasteiger partial charge in [0.2, 0.25) is 0 Å². The third-order valence-corrected chi connectivity index (χ3v) is 7.14. The van der Waals surface area contributed by atoms with Gasteiger partial charge in [-0.25, -0.2) is 0 Å². The second-order valence-electron chi connectivity index (χ2n) is 5.53. The van der Waals surface area contributed by atoms with Crippen LogP contribution in [-0.4, -0.2) is 24.3 Å². The predicted molar refractivity (Wildman–Crippen MR) is 74.5 cm³/mol. The molecule has 0 amide bonds. The lowest BCUT2D eigenvalue weighted by atomic mass is 9.85. The molecule has 1 heterocycles. The van der Waals surface area contributed by atoms with Crippen LogP contribution in [0.15, 0.2) is 30.3 Å². The Hall–Kier alpha value is -0.470. The molecular weight excluding hydrogens is 243 g/mol. The molecule has 18 heavy (non-hydrogen) atoms. The van der Waals surface area contributed by atoms with E-state index in [1.807, 2.05) is 37.4 Å². The number of rotatable bonds is 1. The Morgan fingerprint density at radius 3 is 2.72 bits per heavy atom. The highest BCUT2D eigenvalue weighted by atomic mass is 31.2. The lowest BCUT2D eigenvalue weighted by Gasteiger charge is -2.49. The minimum absolute atomic E-state index is 0.445. The summed E-state index contributed by atoms with van der Waals surface area (Å²) in [6, 6.07) is 10.3. The van der Waals surface area contributed by atoms with Crippen LogP contribution >= 0.6 is 7.79 Å². The largest absolute Gasteiger partial charge is 0.647 e. The molecule has 1 aliphatic carbocycles. The van der Waals surface area contributed by atoms with E-state index >= 15 is 0 Å². The molecule has 0 aromatic heterocycles. The van der Waals surface area contributed by atoms with Crippen LogP contribution in [-0.2, 0) is 0 Å². The maximum atomic E-state index is 13.2. The molecule has 3 atom stereocenters. The topological polar surface area (TPSA) is 38.3 Å².